The number of aromatic nitrogens is 4. The van der Waals surface area contributed by atoms with Crippen LogP contribution in [0.3, 0.4) is 0 Å². The van der Waals surface area contributed by atoms with E-state index in [0.717, 1.165) is 18.4 Å². The maximum Gasteiger partial charge on any atom is 0.203 e. The largest absolute Gasteiger partial charge is 0.361 e. The van der Waals surface area contributed by atoms with Crippen molar-refractivity contribution in [3.63, 3.8) is 0 Å². The van der Waals surface area contributed by atoms with Crippen LogP contribution in [0.2, 0.25) is 0 Å². The van der Waals surface area contributed by atoms with Crippen LogP contribution < -0.4 is 0 Å². The van der Waals surface area contributed by atoms with E-state index < -0.39 is 0 Å². The Morgan fingerprint density at radius 3 is 2.67 bits per heavy atom. The molecule has 18 heavy (non-hydrogen) atoms. The van der Waals surface area contributed by atoms with Crippen LogP contribution >= 0.6 is 0 Å². The van der Waals surface area contributed by atoms with Crippen LogP contribution in [0.5, 0.6) is 0 Å². The summed E-state index contributed by atoms with van der Waals surface area (Å²) < 4.78 is 19.3. The molecular formula is C12H9FN4O. The highest BCUT2D eigenvalue weighted by Gasteiger charge is 2.64. The molecule has 1 aromatic heterocycles. The lowest BCUT2D eigenvalue weighted by Gasteiger charge is -2.20. The molecule has 1 aliphatic heterocycles. The quantitative estimate of drug-likeness (QED) is 0.748. The Bertz CT molecular complexity index is 617. The van der Waals surface area contributed by atoms with Gasteiger partial charge in [0.25, 0.3) is 0 Å². The second kappa shape index (κ2) is 3.29. The predicted molar refractivity (Wildman–Crippen MR) is 58.8 cm³/mol. The molecule has 0 bridgehead atoms. The number of nitrogens with zero attached hydrogens (tertiary/aromatic N) is 4. The number of ether oxygens (including phenoxy) is 1. The van der Waals surface area contributed by atoms with E-state index in [9.17, 15) is 4.39 Å². The predicted octanol–water partition coefficient (Wildman–Crippen LogP) is 1.46. The van der Waals surface area contributed by atoms with E-state index in [4.69, 9.17) is 4.74 Å². The van der Waals surface area contributed by atoms with E-state index in [1.807, 2.05) is 6.07 Å². The highest BCUT2D eigenvalue weighted by molar-refractivity contribution is 5.57. The average Bonchev–Trinajstić information content (AvgIpc) is 2.92. The molecule has 1 saturated carbocycles. The second-order valence-electron chi connectivity index (χ2n) is 4.63. The number of halogens is 1. The number of hydrogen-bond donors (Lipinski definition) is 0. The number of fused-ring (bicyclic) bond motifs is 1. The Morgan fingerprint density at radius 1 is 1.22 bits per heavy atom. The summed E-state index contributed by atoms with van der Waals surface area (Å²) in [4.78, 5) is 0. The maximum atomic E-state index is 13.7. The van der Waals surface area contributed by atoms with Gasteiger partial charge in [-0.3, -0.25) is 0 Å². The van der Waals surface area contributed by atoms with Crippen molar-refractivity contribution in [1.29, 1.82) is 0 Å². The molecule has 0 N–H and O–H groups in total. The summed E-state index contributed by atoms with van der Waals surface area (Å²) in [6.45, 7) is 0. The van der Waals surface area contributed by atoms with Gasteiger partial charge in [-0.1, -0.05) is 0 Å². The van der Waals surface area contributed by atoms with E-state index in [2.05, 4.69) is 20.4 Å². The molecule has 0 radical (unpaired) electrons. The van der Waals surface area contributed by atoms with E-state index >= 15 is 0 Å². The lowest BCUT2D eigenvalue weighted by molar-refractivity contribution is 0.319. The molecular weight excluding hydrogens is 235 g/mol. The normalized spacial score (nSPS) is 28.4. The van der Waals surface area contributed by atoms with E-state index in [1.165, 1.54) is 18.5 Å². The molecule has 5 nitrogen and oxygen atoms in total. The van der Waals surface area contributed by atoms with E-state index in [-0.39, 0.29) is 17.5 Å². The SMILES string of the molecule is Fc1cc(-c2nncnn2)cc(C23CCC2O3)c1. The fourth-order valence-electron chi connectivity index (χ4n) is 2.54. The average molecular weight is 244 g/mol. The van der Waals surface area contributed by atoms with Crippen molar-refractivity contribution in [1.82, 2.24) is 20.4 Å². The van der Waals surface area contributed by atoms with Gasteiger partial charge in [-0.2, -0.15) is 0 Å². The van der Waals surface area contributed by atoms with Gasteiger partial charge in [-0.25, -0.2) is 4.39 Å². The van der Waals surface area contributed by atoms with Crippen molar-refractivity contribution in [2.24, 2.45) is 0 Å². The Kier molecular flexibility index (Phi) is 1.83. The number of rotatable bonds is 2. The first kappa shape index (κ1) is 10.0. The van der Waals surface area contributed by atoms with Crippen molar-refractivity contribution < 1.29 is 9.13 Å². The van der Waals surface area contributed by atoms with Gasteiger partial charge in [0.1, 0.15) is 11.4 Å². The first-order chi connectivity index (χ1) is 8.78. The first-order valence-corrected chi connectivity index (χ1v) is 5.77. The third-order valence-corrected chi connectivity index (χ3v) is 3.65. The van der Waals surface area contributed by atoms with Crippen LogP contribution in [0.1, 0.15) is 18.4 Å². The molecule has 90 valence electrons. The molecule has 2 fully saturated rings. The summed E-state index contributed by atoms with van der Waals surface area (Å²) in [6, 6.07) is 4.77. The Morgan fingerprint density at radius 2 is 2.06 bits per heavy atom. The van der Waals surface area contributed by atoms with Gasteiger partial charge in [-0.05, 0) is 36.6 Å². The van der Waals surface area contributed by atoms with Gasteiger partial charge in [0, 0.05) is 5.56 Å². The molecule has 4 rings (SSSR count). The summed E-state index contributed by atoms with van der Waals surface area (Å²) in [5.74, 6) is 0.0108. The third-order valence-electron chi connectivity index (χ3n) is 3.65. The summed E-state index contributed by atoms with van der Waals surface area (Å²) in [7, 11) is 0. The second-order valence-corrected chi connectivity index (χ2v) is 4.63. The molecule has 0 amide bonds. The molecule has 2 heterocycles. The van der Waals surface area contributed by atoms with Gasteiger partial charge in [0.15, 0.2) is 6.33 Å². The van der Waals surface area contributed by atoms with Crippen molar-refractivity contribution in [3.05, 3.63) is 35.9 Å². The van der Waals surface area contributed by atoms with Gasteiger partial charge in [0.2, 0.25) is 5.82 Å². The topological polar surface area (TPSA) is 64.1 Å². The van der Waals surface area contributed by atoms with Crippen molar-refractivity contribution >= 4 is 0 Å². The lowest BCUT2D eigenvalue weighted by Crippen LogP contribution is -2.22. The number of hydrogen-bond acceptors (Lipinski definition) is 5. The molecule has 2 aromatic rings. The van der Waals surface area contributed by atoms with Crippen LogP contribution in [0.15, 0.2) is 24.5 Å². The fraction of sp³-hybridized carbons (Fsp3) is 0.333. The summed E-state index contributed by atoms with van der Waals surface area (Å²) >= 11 is 0. The monoisotopic (exact) mass is 244 g/mol. The number of epoxide rings is 1. The van der Waals surface area contributed by atoms with E-state index in [1.54, 1.807) is 0 Å². The van der Waals surface area contributed by atoms with Crippen LogP contribution in [-0.4, -0.2) is 26.5 Å². The summed E-state index contributed by atoms with van der Waals surface area (Å²) in [6.07, 6.45) is 3.51. The van der Waals surface area contributed by atoms with Gasteiger partial charge in [0.05, 0.1) is 6.10 Å². The van der Waals surface area contributed by atoms with Gasteiger partial charge >= 0.3 is 0 Å². The van der Waals surface area contributed by atoms with Crippen molar-refractivity contribution in [3.8, 4) is 11.4 Å². The molecule has 2 unspecified atom stereocenters. The van der Waals surface area contributed by atoms with Crippen LogP contribution in [-0.2, 0) is 10.3 Å². The minimum atomic E-state index is -0.314. The lowest BCUT2D eigenvalue weighted by atomic mass is 9.79. The standard InChI is InChI=1S/C12H9FN4O/c13-9-4-7(11-16-14-6-15-17-11)3-8(5-9)12-2-1-10(12)18-12/h3-6,10H,1-2H2. The Labute approximate surface area is 102 Å². The highest BCUT2D eigenvalue weighted by Crippen LogP contribution is 2.61. The van der Waals surface area contributed by atoms with Crippen LogP contribution in [0.4, 0.5) is 4.39 Å². The molecule has 6 heteroatoms. The first-order valence-electron chi connectivity index (χ1n) is 5.77. The molecule has 1 aromatic carbocycles. The minimum Gasteiger partial charge on any atom is -0.361 e. The van der Waals surface area contributed by atoms with Crippen molar-refractivity contribution in [2.45, 2.75) is 24.5 Å². The zero-order chi connectivity index (χ0) is 12.2. The fourth-order valence-corrected chi connectivity index (χ4v) is 2.54. The zero-order valence-corrected chi connectivity index (χ0v) is 9.38. The zero-order valence-electron chi connectivity index (χ0n) is 9.38. The van der Waals surface area contributed by atoms with Crippen molar-refractivity contribution in [2.75, 3.05) is 0 Å². The molecule has 2 atom stereocenters. The molecule has 2 aliphatic rings. The summed E-state index contributed by atoms with van der Waals surface area (Å²) in [5, 5.41) is 15.0. The Balaban J connectivity index is 1.81. The molecule has 1 aliphatic carbocycles. The van der Waals surface area contributed by atoms with Gasteiger partial charge in [-0.15, -0.1) is 20.4 Å². The van der Waals surface area contributed by atoms with E-state index in [0.29, 0.717) is 11.4 Å². The minimum absolute atomic E-state index is 0.244. The smallest absolute Gasteiger partial charge is 0.203 e. The highest BCUT2D eigenvalue weighted by atomic mass is 19.1. The van der Waals surface area contributed by atoms with Crippen LogP contribution in [0, 0.1) is 5.82 Å². The third kappa shape index (κ3) is 1.29. The maximum absolute atomic E-state index is 13.7. The summed E-state index contributed by atoms with van der Waals surface area (Å²) in [5.41, 5.74) is 1.20. The molecule has 1 saturated heterocycles. The van der Waals surface area contributed by atoms with Crippen LogP contribution in [0.25, 0.3) is 11.4 Å². The number of benzene rings is 1. The Hall–Kier alpha value is -1.95. The van der Waals surface area contributed by atoms with Gasteiger partial charge < -0.3 is 4.74 Å². The molecule has 0 spiro atoms.